The number of hydrogen-bond acceptors (Lipinski definition) is 4. The van der Waals surface area contributed by atoms with E-state index in [1.54, 1.807) is 12.1 Å². The maximum atomic E-state index is 11.5. The van der Waals surface area contributed by atoms with Gasteiger partial charge in [0.1, 0.15) is 17.1 Å². The van der Waals surface area contributed by atoms with Crippen LogP contribution in [0.5, 0.6) is 5.75 Å². The Kier molecular flexibility index (Phi) is 3.48. The van der Waals surface area contributed by atoms with E-state index in [1.807, 2.05) is 36.1 Å². The third-order valence-electron chi connectivity index (χ3n) is 3.44. The second kappa shape index (κ2) is 5.44. The molecule has 5 nitrogen and oxygen atoms in total. The number of para-hydroxylation sites is 2. The van der Waals surface area contributed by atoms with E-state index in [1.165, 1.54) is 0 Å². The van der Waals surface area contributed by atoms with Crippen molar-refractivity contribution in [2.75, 3.05) is 18.1 Å². The second-order valence-electron chi connectivity index (χ2n) is 4.95. The third-order valence-corrected chi connectivity index (χ3v) is 3.44. The van der Waals surface area contributed by atoms with Crippen molar-refractivity contribution in [1.82, 2.24) is 4.98 Å². The van der Waals surface area contributed by atoms with Crippen molar-refractivity contribution < 1.29 is 14.6 Å². The SMILES string of the molecule is Cc1ccc(C(=O)O)c(N2CCCOc3ccccc32)n1. The average molecular weight is 284 g/mol. The molecule has 0 saturated carbocycles. The predicted octanol–water partition coefficient (Wildman–Crippen LogP) is 3.01. The molecule has 2 heterocycles. The summed E-state index contributed by atoms with van der Waals surface area (Å²) in [4.78, 5) is 17.9. The zero-order valence-corrected chi connectivity index (χ0v) is 11.7. The molecule has 0 atom stereocenters. The van der Waals surface area contributed by atoms with Gasteiger partial charge in [-0.05, 0) is 37.6 Å². The first-order chi connectivity index (χ1) is 10.2. The van der Waals surface area contributed by atoms with Crippen LogP contribution in [0.3, 0.4) is 0 Å². The predicted molar refractivity (Wildman–Crippen MR) is 79.5 cm³/mol. The van der Waals surface area contributed by atoms with Crippen LogP contribution >= 0.6 is 0 Å². The van der Waals surface area contributed by atoms with Gasteiger partial charge in [-0.2, -0.15) is 0 Å². The number of nitrogens with zero attached hydrogens (tertiary/aromatic N) is 2. The summed E-state index contributed by atoms with van der Waals surface area (Å²) in [6, 6.07) is 11.0. The highest BCUT2D eigenvalue weighted by Gasteiger charge is 2.23. The fraction of sp³-hybridized carbons (Fsp3) is 0.250. The number of carbonyl (C=O) groups is 1. The Morgan fingerprint density at radius 1 is 1.29 bits per heavy atom. The molecule has 0 bridgehead atoms. The first-order valence-electron chi connectivity index (χ1n) is 6.87. The quantitative estimate of drug-likeness (QED) is 0.918. The first kappa shape index (κ1) is 13.4. The lowest BCUT2D eigenvalue weighted by Gasteiger charge is -2.24. The van der Waals surface area contributed by atoms with Gasteiger partial charge >= 0.3 is 5.97 Å². The van der Waals surface area contributed by atoms with Gasteiger partial charge in [0.15, 0.2) is 0 Å². The van der Waals surface area contributed by atoms with E-state index in [2.05, 4.69) is 4.98 Å². The molecule has 2 aromatic rings. The van der Waals surface area contributed by atoms with E-state index in [0.29, 0.717) is 19.0 Å². The topological polar surface area (TPSA) is 62.7 Å². The molecule has 0 amide bonds. The van der Waals surface area contributed by atoms with Crippen molar-refractivity contribution in [3.63, 3.8) is 0 Å². The van der Waals surface area contributed by atoms with Gasteiger partial charge in [0.25, 0.3) is 0 Å². The van der Waals surface area contributed by atoms with Gasteiger partial charge in [0.2, 0.25) is 0 Å². The number of benzene rings is 1. The van der Waals surface area contributed by atoms with E-state index in [-0.39, 0.29) is 5.56 Å². The third kappa shape index (κ3) is 2.54. The number of carboxylic acids is 1. The molecule has 1 N–H and O–H groups in total. The fourth-order valence-electron chi connectivity index (χ4n) is 2.46. The zero-order chi connectivity index (χ0) is 14.8. The van der Waals surface area contributed by atoms with Crippen LogP contribution in [0.2, 0.25) is 0 Å². The Hall–Kier alpha value is -2.56. The zero-order valence-electron chi connectivity index (χ0n) is 11.7. The molecule has 0 radical (unpaired) electrons. The number of rotatable bonds is 2. The molecule has 1 aromatic carbocycles. The van der Waals surface area contributed by atoms with Crippen molar-refractivity contribution in [2.45, 2.75) is 13.3 Å². The van der Waals surface area contributed by atoms with Crippen molar-refractivity contribution >= 4 is 17.5 Å². The summed E-state index contributed by atoms with van der Waals surface area (Å²) in [5.41, 5.74) is 1.85. The van der Waals surface area contributed by atoms with Crippen molar-refractivity contribution in [3.05, 3.63) is 47.7 Å². The molecule has 108 valence electrons. The lowest BCUT2D eigenvalue weighted by atomic mass is 10.2. The van der Waals surface area contributed by atoms with Crippen molar-refractivity contribution in [3.8, 4) is 5.75 Å². The van der Waals surface area contributed by atoms with Crippen LogP contribution < -0.4 is 9.64 Å². The second-order valence-corrected chi connectivity index (χ2v) is 4.95. The molecule has 0 fully saturated rings. The maximum absolute atomic E-state index is 11.5. The van der Waals surface area contributed by atoms with Crippen LogP contribution in [0.1, 0.15) is 22.5 Å². The first-order valence-corrected chi connectivity index (χ1v) is 6.87. The van der Waals surface area contributed by atoms with Crippen LogP contribution in [0.25, 0.3) is 0 Å². The Morgan fingerprint density at radius 2 is 2.10 bits per heavy atom. The van der Waals surface area contributed by atoms with Crippen LogP contribution in [0.4, 0.5) is 11.5 Å². The highest BCUT2D eigenvalue weighted by Crippen LogP contribution is 2.36. The van der Waals surface area contributed by atoms with E-state index in [4.69, 9.17) is 4.74 Å². The summed E-state index contributed by atoms with van der Waals surface area (Å²) in [5.74, 6) is 0.259. The molecule has 21 heavy (non-hydrogen) atoms. The standard InChI is InChI=1S/C16H16N2O3/c1-11-7-8-12(16(19)20)15(17-11)18-9-4-10-21-14-6-3-2-5-13(14)18/h2-3,5-8H,4,9-10H2,1H3,(H,19,20). The van der Waals surface area contributed by atoms with Gasteiger partial charge in [-0.3, -0.25) is 0 Å². The summed E-state index contributed by atoms with van der Waals surface area (Å²) in [5, 5.41) is 9.41. The lowest BCUT2D eigenvalue weighted by molar-refractivity contribution is 0.0697. The van der Waals surface area contributed by atoms with Crippen LogP contribution in [-0.4, -0.2) is 29.2 Å². The number of anilines is 2. The van der Waals surface area contributed by atoms with E-state index >= 15 is 0 Å². The van der Waals surface area contributed by atoms with Gasteiger partial charge in [0, 0.05) is 12.2 Å². The Morgan fingerprint density at radius 3 is 2.90 bits per heavy atom. The van der Waals surface area contributed by atoms with E-state index < -0.39 is 5.97 Å². The number of ether oxygens (including phenoxy) is 1. The largest absolute Gasteiger partial charge is 0.491 e. The number of aryl methyl sites for hydroxylation is 1. The molecule has 5 heteroatoms. The minimum absolute atomic E-state index is 0.206. The summed E-state index contributed by atoms with van der Waals surface area (Å²) in [6.07, 6.45) is 0.809. The summed E-state index contributed by atoms with van der Waals surface area (Å²) < 4.78 is 5.71. The van der Waals surface area contributed by atoms with E-state index in [9.17, 15) is 9.90 Å². The van der Waals surface area contributed by atoms with E-state index in [0.717, 1.165) is 23.6 Å². The molecule has 1 aliphatic heterocycles. The summed E-state index contributed by atoms with van der Waals surface area (Å²) in [6.45, 7) is 3.14. The normalized spacial score (nSPS) is 14.0. The summed E-state index contributed by atoms with van der Waals surface area (Å²) >= 11 is 0. The minimum Gasteiger partial charge on any atom is -0.491 e. The van der Waals surface area contributed by atoms with Gasteiger partial charge in [-0.15, -0.1) is 0 Å². The molecule has 0 unspecified atom stereocenters. The molecule has 1 aromatic heterocycles. The van der Waals surface area contributed by atoms with Crippen molar-refractivity contribution in [2.24, 2.45) is 0 Å². The monoisotopic (exact) mass is 284 g/mol. The number of pyridine rings is 1. The van der Waals surface area contributed by atoms with Gasteiger partial charge in [0.05, 0.1) is 12.3 Å². The average Bonchev–Trinajstić information content (AvgIpc) is 2.69. The van der Waals surface area contributed by atoms with Gasteiger partial charge in [-0.25, -0.2) is 9.78 Å². The van der Waals surface area contributed by atoms with Gasteiger partial charge < -0.3 is 14.7 Å². The number of aromatic nitrogens is 1. The molecular formula is C16H16N2O3. The lowest BCUT2D eigenvalue weighted by Crippen LogP contribution is -2.22. The van der Waals surface area contributed by atoms with Crippen LogP contribution in [-0.2, 0) is 0 Å². The van der Waals surface area contributed by atoms with Crippen molar-refractivity contribution in [1.29, 1.82) is 0 Å². The molecule has 0 aliphatic carbocycles. The highest BCUT2D eigenvalue weighted by atomic mass is 16.5. The number of carboxylic acid groups (broad SMARTS) is 1. The van der Waals surface area contributed by atoms with Crippen LogP contribution in [0, 0.1) is 6.92 Å². The van der Waals surface area contributed by atoms with Crippen LogP contribution in [0.15, 0.2) is 36.4 Å². The number of aromatic carboxylic acids is 1. The Bertz CT molecular complexity index is 685. The highest BCUT2D eigenvalue weighted by molar-refractivity contribution is 5.94. The van der Waals surface area contributed by atoms with Gasteiger partial charge in [-0.1, -0.05) is 12.1 Å². The molecule has 1 aliphatic rings. The minimum atomic E-state index is -0.972. The number of fused-ring (bicyclic) bond motifs is 1. The smallest absolute Gasteiger partial charge is 0.339 e. The molecule has 0 saturated heterocycles. The Labute approximate surface area is 122 Å². The molecule has 3 rings (SSSR count). The maximum Gasteiger partial charge on any atom is 0.339 e. The number of hydrogen-bond donors (Lipinski definition) is 1. The fourth-order valence-corrected chi connectivity index (χ4v) is 2.46. The molecule has 0 spiro atoms. The Balaban J connectivity index is 2.16. The molecular weight excluding hydrogens is 268 g/mol. The summed E-state index contributed by atoms with van der Waals surface area (Å²) in [7, 11) is 0.